The van der Waals surface area contributed by atoms with Crippen molar-refractivity contribution in [3.05, 3.63) is 144 Å². The summed E-state index contributed by atoms with van der Waals surface area (Å²) in [4.78, 5) is 38.1. The molecule has 6 heterocycles. The first kappa shape index (κ1) is 53.1. The molecule has 0 fully saturated rings. The number of hydrogen-bond donors (Lipinski definition) is 1. The molecular formula is C51H62N8ORu. The van der Waals surface area contributed by atoms with Crippen LogP contribution in [-0.2, 0) is 37.1 Å². The second kappa shape index (κ2) is 28.5. The van der Waals surface area contributed by atoms with E-state index < -0.39 is 0 Å². The van der Waals surface area contributed by atoms with Gasteiger partial charge in [-0.3, -0.25) is 34.7 Å². The second-order valence-corrected chi connectivity index (χ2v) is 14.8. The van der Waals surface area contributed by atoms with Gasteiger partial charge in [0.1, 0.15) is 0 Å². The minimum Gasteiger partial charge on any atom is -0.351 e. The summed E-state index contributed by atoms with van der Waals surface area (Å²) in [6.07, 6.45) is 19.4. The van der Waals surface area contributed by atoms with Gasteiger partial charge in [0.2, 0.25) is 5.91 Å². The summed E-state index contributed by atoms with van der Waals surface area (Å²) >= 11 is 0. The van der Waals surface area contributed by atoms with Gasteiger partial charge in [-0.1, -0.05) is 39.8 Å². The third kappa shape index (κ3) is 20.2. The number of rotatable bonds is 11. The van der Waals surface area contributed by atoms with Crippen LogP contribution in [0, 0.1) is 42.9 Å². The van der Waals surface area contributed by atoms with E-state index in [0.717, 1.165) is 75.7 Å². The first-order valence-corrected chi connectivity index (χ1v) is 20.6. The van der Waals surface area contributed by atoms with Crippen LogP contribution in [0.3, 0.4) is 0 Å². The zero-order valence-electron chi connectivity index (χ0n) is 37.6. The van der Waals surface area contributed by atoms with Gasteiger partial charge < -0.3 is 5.32 Å². The number of amides is 1. The number of terminal acetylenes is 1. The number of aryl methyl sites for hydroxylation is 3. The Bertz CT molecular complexity index is 2210. The molecule has 320 valence electrons. The van der Waals surface area contributed by atoms with Crippen molar-refractivity contribution in [1.29, 1.82) is 5.26 Å². The first-order chi connectivity index (χ1) is 28.9. The molecule has 1 N–H and O–H groups in total. The van der Waals surface area contributed by atoms with Gasteiger partial charge in [0, 0.05) is 74.0 Å². The number of pyridine rings is 6. The molecule has 0 aliphatic heterocycles. The molecule has 6 aromatic rings. The molecule has 0 saturated heterocycles. The summed E-state index contributed by atoms with van der Waals surface area (Å²) < 4.78 is 0. The van der Waals surface area contributed by atoms with E-state index in [1.54, 1.807) is 37.2 Å². The van der Waals surface area contributed by atoms with Crippen LogP contribution in [-0.4, -0.2) is 41.3 Å². The molecule has 0 saturated carbocycles. The van der Waals surface area contributed by atoms with Crippen molar-refractivity contribution in [3.63, 3.8) is 0 Å². The zero-order valence-corrected chi connectivity index (χ0v) is 39.3. The summed E-state index contributed by atoms with van der Waals surface area (Å²) in [5, 5.41) is 11.8. The summed E-state index contributed by atoms with van der Waals surface area (Å²) in [6, 6.07) is 29.5. The van der Waals surface area contributed by atoms with Crippen LogP contribution in [0.1, 0.15) is 96.9 Å². The topological polar surface area (TPSA) is 130 Å². The van der Waals surface area contributed by atoms with Crippen molar-refractivity contribution in [3.8, 4) is 52.6 Å². The van der Waals surface area contributed by atoms with E-state index in [9.17, 15) is 4.79 Å². The summed E-state index contributed by atoms with van der Waals surface area (Å²) in [5.74, 6) is 2.86. The van der Waals surface area contributed by atoms with Gasteiger partial charge in [-0.25, -0.2) is 0 Å². The van der Waals surface area contributed by atoms with Crippen LogP contribution in [0.2, 0.25) is 0 Å². The van der Waals surface area contributed by atoms with Crippen molar-refractivity contribution in [1.82, 2.24) is 35.2 Å². The number of nitrogens with one attached hydrogen (secondary N) is 1. The van der Waals surface area contributed by atoms with Gasteiger partial charge in [-0.2, -0.15) is 5.26 Å². The second-order valence-electron chi connectivity index (χ2n) is 14.8. The molecule has 6 rings (SSSR count). The van der Waals surface area contributed by atoms with Crippen LogP contribution in [0.5, 0.6) is 0 Å². The van der Waals surface area contributed by atoms with Crippen molar-refractivity contribution < 1.29 is 24.3 Å². The van der Waals surface area contributed by atoms with E-state index in [-0.39, 0.29) is 36.3 Å². The first-order valence-electron chi connectivity index (χ1n) is 20.6. The number of carbonyl (C=O) groups excluding carboxylic acids is 1. The standard InChI is InChI=1S/C24H31N3O.C13H11N3.C10H8N2.2C2H6.Ru/c1-7-23(3,4)17-24(5,6)27-22(28)10-8-9-19-12-14-26-21(16-19)20-15-18(2)11-13-25-20;1-10-3-6-15-12(8-10)13-9-11(2-5-14)4-7-16-13;1-3-7-11-9(5-1)10-6-2-4-8-12-10;2*1-2;/h1,11-16H,8-10,17H2,2-6H3,(H,27,28);3-4,6-9H,2H2,1H3;1-8H;2*1-2H3;. The van der Waals surface area contributed by atoms with E-state index in [2.05, 4.69) is 53.3 Å². The fourth-order valence-electron chi connectivity index (χ4n) is 6.06. The monoisotopic (exact) mass is 904 g/mol. The molecular weight excluding hydrogens is 842 g/mol. The van der Waals surface area contributed by atoms with Crippen molar-refractivity contribution in [2.75, 3.05) is 0 Å². The van der Waals surface area contributed by atoms with Crippen LogP contribution in [0.25, 0.3) is 34.2 Å². The normalized spacial score (nSPS) is 10.0. The molecule has 0 unspecified atom stereocenters. The fraction of sp³-hybridized carbons (Fsp3) is 0.333. The third-order valence-electron chi connectivity index (χ3n) is 8.50. The maximum atomic E-state index is 12.4. The fourth-order valence-corrected chi connectivity index (χ4v) is 6.06. The predicted molar refractivity (Wildman–Crippen MR) is 246 cm³/mol. The van der Waals surface area contributed by atoms with E-state index >= 15 is 0 Å². The summed E-state index contributed by atoms with van der Waals surface area (Å²) in [6.45, 7) is 20.1. The van der Waals surface area contributed by atoms with Crippen LogP contribution in [0.4, 0.5) is 0 Å². The Morgan fingerprint density at radius 3 is 1.48 bits per heavy atom. The average molecular weight is 904 g/mol. The van der Waals surface area contributed by atoms with Gasteiger partial charge in [0.05, 0.1) is 46.7 Å². The number of nitrogens with zero attached hydrogens (tertiary/aromatic N) is 7. The molecule has 0 spiro atoms. The number of hydrogen-bond acceptors (Lipinski definition) is 8. The van der Waals surface area contributed by atoms with E-state index in [1.807, 2.05) is 148 Å². The quantitative estimate of drug-likeness (QED) is 0.100. The van der Waals surface area contributed by atoms with Gasteiger partial charge in [-0.05, 0) is 156 Å². The van der Waals surface area contributed by atoms with Crippen LogP contribution in [0.15, 0.2) is 122 Å². The molecule has 0 aromatic carbocycles. The summed E-state index contributed by atoms with van der Waals surface area (Å²) in [5.41, 5.74) is 9.10. The minimum atomic E-state index is -0.326. The van der Waals surface area contributed by atoms with E-state index in [4.69, 9.17) is 11.7 Å². The molecule has 10 heteroatoms. The maximum absolute atomic E-state index is 12.4. The average Bonchev–Trinajstić information content (AvgIpc) is 3.26. The predicted octanol–water partition coefficient (Wildman–Crippen LogP) is 11.4. The third-order valence-corrected chi connectivity index (χ3v) is 8.50. The molecule has 9 nitrogen and oxygen atoms in total. The molecule has 0 atom stereocenters. The van der Waals surface area contributed by atoms with Gasteiger partial charge in [0.25, 0.3) is 0 Å². The number of nitriles is 1. The Balaban J connectivity index is 0.000000475. The SMILES string of the molecule is C#CC(C)(C)CC(C)(C)NC(=O)CCCc1ccnc(-c2cc(C)ccn2)c1.CC.CC.Cc1ccnc(-c2cc(CC#N)ccn2)c1.[Ru].c1ccc(-c2ccccn2)nc1. The Hall–Kier alpha value is -5.96. The largest absolute Gasteiger partial charge is 0.351 e. The maximum Gasteiger partial charge on any atom is 0.220 e. The molecule has 6 aromatic heterocycles. The van der Waals surface area contributed by atoms with Gasteiger partial charge >= 0.3 is 0 Å². The Kier molecular flexibility index (Phi) is 24.8. The number of carbonyl (C=O) groups is 1. The van der Waals surface area contributed by atoms with Crippen molar-refractivity contribution in [2.24, 2.45) is 5.41 Å². The Morgan fingerprint density at radius 1 is 0.623 bits per heavy atom. The minimum absolute atomic E-state index is 0. The van der Waals surface area contributed by atoms with E-state index in [1.165, 1.54) is 0 Å². The Morgan fingerprint density at radius 2 is 1.05 bits per heavy atom. The molecule has 0 radical (unpaired) electrons. The van der Waals surface area contributed by atoms with E-state index in [0.29, 0.717) is 12.8 Å². The molecule has 0 aliphatic carbocycles. The molecule has 0 bridgehead atoms. The van der Waals surface area contributed by atoms with Gasteiger partial charge in [0.15, 0.2) is 0 Å². The zero-order chi connectivity index (χ0) is 44.4. The molecule has 61 heavy (non-hydrogen) atoms. The van der Waals surface area contributed by atoms with Gasteiger partial charge in [-0.15, -0.1) is 12.3 Å². The smallest absolute Gasteiger partial charge is 0.220 e. The van der Waals surface area contributed by atoms with Crippen molar-refractivity contribution >= 4 is 5.91 Å². The molecule has 0 aliphatic rings. The molecule has 1 amide bonds. The van der Waals surface area contributed by atoms with Crippen LogP contribution >= 0.6 is 0 Å². The number of aromatic nitrogens is 6. The Labute approximate surface area is 378 Å². The van der Waals surface area contributed by atoms with Crippen molar-refractivity contribution in [2.45, 2.75) is 107 Å². The summed E-state index contributed by atoms with van der Waals surface area (Å²) in [7, 11) is 0. The van der Waals surface area contributed by atoms with Crippen LogP contribution < -0.4 is 5.32 Å².